The summed E-state index contributed by atoms with van der Waals surface area (Å²) in [7, 11) is 0. The Kier molecular flexibility index (Phi) is 10.1. The molecule has 0 saturated heterocycles. The standard InChI is InChI=1S/C30H32N4O4S/c1-3-5-8-19-38-25-15-11-22(12-16-25)20-31-33-28(35)21-39-30-32-27-10-7-6-9-26(27)29(36)34(30)23-13-17-24(18-14-23)37-4-2/h6-7,9-18,20H,3-5,8,19,21H2,1-2H3,(H,33,35). The number of nitrogens with one attached hydrogen (secondary N) is 1. The topological polar surface area (TPSA) is 94.8 Å². The highest BCUT2D eigenvalue weighted by Crippen LogP contribution is 2.23. The number of ether oxygens (including phenoxy) is 2. The molecular formula is C30H32N4O4S. The third-order valence-corrected chi connectivity index (χ3v) is 6.72. The molecule has 0 aliphatic rings. The van der Waals surface area contributed by atoms with Gasteiger partial charge in [-0.15, -0.1) is 0 Å². The van der Waals surface area contributed by atoms with Gasteiger partial charge in [-0.05, 0) is 79.6 Å². The van der Waals surface area contributed by atoms with Crippen molar-refractivity contribution in [1.29, 1.82) is 0 Å². The van der Waals surface area contributed by atoms with Crippen LogP contribution in [-0.4, -0.2) is 40.6 Å². The second kappa shape index (κ2) is 14.2. The van der Waals surface area contributed by atoms with E-state index in [9.17, 15) is 9.59 Å². The number of carbonyl (C=O) groups excluding carboxylic acids is 1. The Balaban J connectivity index is 1.42. The third kappa shape index (κ3) is 7.70. The van der Waals surface area contributed by atoms with E-state index in [4.69, 9.17) is 9.47 Å². The molecule has 8 nitrogen and oxygen atoms in total. The molecule has 4 rings (SSSR count). The first-order valence-electron chi connectivity index (χ1n) is 13.0. The van der Waals surface area contributed by atoms with E-state index in [1.54, 1.807) is 36.5 Å². The molecule has 0 atom stereocenters. The molecule has 0 aliphatic heterocycles. The number of thioether (sulfide) groups is 1. The van der Waals surface area contributed by atoms with Gasteiger partial charge in [0.15, 0.2) is 5.16 Å². The number of benzene rings is 3. The zero-order chi connectivity index (χ0) is 27.5. The van der Waals surface area contributed by atoms with Crippen LogP contribution in [0.1, 0.15) is 38.7 Å². The van der Waals surface area contributed by atoms with Crippen LogP contribution < -0.4 is 20.5 Å². The molecular weight excluding hydrogens is 512 g/mol. The molecule has 1 N–H and O–H groups in total. The number of aromatic nitrogens is 2. The highest BCUT2D eigenvalue weighted by Gasteiger charge is 2.15. The van der Waals surface area contributed by atoms with Gasteiger partial charge in [-0.2, -0.15) is 5.10 Å². The van der Waals surface area contributed by atoms with E-state index >= 15 is 0 Å². The normalized spacial score (nSPS) is 11.1. The number of rotatable bonds is 13. The molecule has 0 saturated carbocycles. The lowest BCUT2D eigenvalue weighted by atomic mass is 10.2. The van der Waals surface area contributed by atoms with Crippen molar-refractivity contribution in [2.24, 2.45) is 5.10 Å². The SMILES string of the molecule is CCCCCOc1ccc(C=NNC(=O)CSc2nc3ccccc3c(=O)n2-c2ccc(OCC)cc2)cc1. The Morgan fingerprint density at radius 1 is 0.974 bits per heavy atom. The second-order valence-electron chi connectivity index (χ2n) is 8.69. The first-order chi connectivity index (χ1) is 19.1. The van der Waals surface area contributed by atoms with Crippen LogP contribution in [0.2, 0.25) is 0 Å². The lowest BCUT2D eigenvalue weighted by Crippen LogP contribution is -2.24. The first-order valence-corrected chi connectivity index (χ1v) is 14.0. The Morgan fingerprint density at radius 3 is 2.44 bits per heavy atom. The summed E-state index contributed by atoms with van der Waals surface area (Å²) in [6.45, 7) is 5.33. The van der Waals surface area contributed by atoms with E-state index in [1.807, 2.05) is 49.4 Å². The van der Waals surface area contributed by atoms with Crippen molar-refractivity contribution in [1.82, 2.24) is 15.0 Å². The maximum absolute atomic E-state index is 13.4. The van der Waals surface area contributed by atoms with Crippen molar-refractivity contribution >= 4 is 34.8 Å². The Morgan fingerprint density at radius 2 is 1.69 bits per heavy atom. The maximum Gasteiger partial charge on any atom is 0.266 e. The third-order valence-electron chi connectivity index (χ3n) is 5.78. The number of hydrogen-bond donors (Lipinski definition) is 1. The van der Waals surface area contributed by atoms with Crippen molar-refractivity contribution in [2.45, 2.75) is 38.3 Å². The number of nitrogens with zero attached hydrogens (tertiary/aromatic N) is 3. The molecule has 0 unspecified atom stereocenters. The summed E-state index contributed by atoms with van der Waals surface area (Å²) < 4.78 is 12.8. The lowest BCUT2D eigenvalue weighted by Gasteiger charge is -2.13. The molecule has 0 radical (unpaired) electrons. The molecule has 0 bridgehead atoms. The van der Waals surface area contributed by atoms with Gasteiger partial charge < -0.3 is 9.47 Å². The van der Waals surface area contributed by atoms with Crippen LogP contribution in [0.4, 0.5) is 0 Å². The van der Waals surface area contributed by atoms with Gasteiger partial charge >= 0.3 is 0 Å². The van der Waals surface area contributed by atoms with Gasteiger partial charge in [0, 0.05) is 0 Å². The molecule has 202 valence electrons. The van der Waals surface area contributed by atoms with Gasteiger partial charge in [0.1, 0.15) is 11.5 Å². The molecule has 39 heavy (non-hydrogen) atoms. The molecule has 1 aromatic heterocycles. The molecule has 0 spiro atoms. The predicted molar refractivity (Wildman–Crippen MR) is 156 cm³/mol. The van der Waals surface area contributed by atoms with Gasteiger partial charge in [0.2, 0.25) is 0 Å². The Bertz CT molecular complexity index is 1470. The second-order valence-corrected chi connectivity index (χ2v) is 9.63. The molecule has 1 amide bonds. The van der Waals surface area contributed by atoms with Crippen molar-refractivity contribution < 1.29 is 14.3 Å². The van der Waals surface area contributed by atoms with E-state index in [2.05, 4.69) is 22.4 Å². The van der Waals surface area contributed by atoms with E-state index in [-0.39, 0.29) is 17.2 Å². The molecule has 4 aromatic rings. The minimum atomic E-state index is -0.312. The summed E-state index contributed by atoms with van der Waals surface area (Å²) in [4.78, 5) is 30.6. The van der Waals surface area contributed by atoms with Crippen LogP contribution in [0.25, 0.3) is 16.6 Å². The Hall–Kier alpha value is -4.11. The van der Waals surface area contributed by atoms with Crippen LogP contribution in [0.15, 0.2) is 87.8 Å². The van der Waals surface area contributed by atoms with E-state index < -0.39 is 0 Å². The largest absolute Gasteiger partial charge is 0.494 e. The highest BCUT2D eigenvalue weighted by molar-refractivity contribution is 7.99. The number of carbonyl (C=O) groups is 1. The van der Waals surface area contributed by atoms with E-state index in [0.29, 0.717) is 40.7 Å². The summed E-state index contributed by atoms with van der Waals surface area (Å²) in [6, 6.07) is 21.9. The number of amides is 1. The van der Waals surface area contributed by atoms with Crippen LogP contribution >= 0.6 is 11.8 Å². The summed E-state index contributed by atoms with van der Waals surface area (Å²) in [6.07, 6.45) is 4.92. The molecule has 9 heteroatoms. The zero-order valence-electron chi connectivity index (χ0n) is 22.1. The van der Waals surface area contributed by atoms with Gasteiger partial charge in [-0.1, -0.05) is 43.7 Å². The van der Waals surface area contributed by atoms with Crippen LogP contribution in [-0.2, 0) is 4.79 Å². The van der Waals surface area contributed by atoms with Crippen LogP contribution in [0.3, 0.4) is 0 Å². The molecule has 3 aromatic carbocycles. The smallest absolute Gasteiger partial charge is 0.266 e. The minimum absolute atomic E-state index is 0.0314. The van der Waals surface area contributed by atoms with Crippen molar-refractivity contribution in [3.05, 3.63) is 88.7 Å². The summed E-state index contributed by atoms with van der Waals surface area (Å²) in [5, 5.41) is 4.98. The number of unbranched alkanes of at least 4 members (excludes halogenated alkanes) is 2. The number of hydrogen-bond acceptors (Lipinski definition) is 7. The minimum Gasteiger partial charge on any atom is -0.494 e. The van der Waals surface area contributed by atoms with Crippen molar-refractivity contribution in [2.75, 3.05) is 19.0 Å². The van der Waals surface area contributed by atoms with Crippen LogP contribution in [0.5, 0.6) is 11.5 Å². The maximum atomic E-state index is 13.4. The van der Waals surface area contributed by atoms with E-state index in [1.165, 1.54) is 16.3 Å². The van der Waals surface area contributed by atoms with Crippen molar-refractivity contribution in [3.63, 3.8) is 0 Å². The highest BCUT2D eigenvalue weighted by atomic mass is 32.2. The number of fused-ring (bicyclic) bond motifs is 1. The molecule has 1 heterocycles. The fourth-order valence-corrected chi connectivity index (χ4v) is 4.63. The summed E-state index contributed by atoms with van der Waals surface area (Å²) >= 11 is 1.17. The summed E-state index contributed by atoms with van der Waals surface area (Å²) in [5.41, 5.74) is 4.39. The Labute approximate surface area is 232 Å². The lowest BCUT2D eigenvalue weighted by molar-refractivity contribution is -0.118. The molecule has 0 aliphatic carbocycles. The van der Waals surface area contributed by atoms with Gasteiger partial charge in [0.25, 0.3) is 11.5 Å². The van der Waals surface area contributed by atoms with Crippen LogP contribution in [0, 0.1) is 0 Å². The number of hydrazone groups is 1. The van der Waals surface area contributed by atoms with Gasteiger partial charge in [0.05, 0.1) is 41.8 Å². The van der Waals surface area contributed by atoms with Crippen molar-refractivity contribution in [3.8, 4) is 17.2 Å². The predicted octanol–water partition coefficient (Wildman–Crippen LogP) is 5.60. The molecule has 0 fully saturated rings. The van der Waals surface area contributed by atoms with Gasteiger partial charge in [-0.3, -0.25) is 14.2 Å². The quantitative estimate of drug-likeness (QED) is 0.0775. The average molecular weight is 545 g/mol. The van der Waals surface area contributed by atoms with Gasteiger partial charge in [-0.25, -0.2) is 10.4 Å². The monoisotopic (exact) mass is 544 g/mol. The summed E-state index contributed by atoms with van der Waals surface area (Å²) in [5.74, 6) is 1.24. The fourth-order valence-electron chi connectivity index (χ4n) is 3.83. The first kappa shape index (κ1) is 27.9. The fraction of sp³-hybridized carbons (Fsp3) is 0.267. The number of para-hydroxylation sites is 1. The van der Waals surface area contributed by atoms with E-state index in [0.717, 1.165) is 30.6 Å². The average Bonchev–Trinajstić information content (AvgIpc) is 2.96. The zero-order valence-corrected chi connectivity index (χ0v) is 22.9.